The topological polar surface area (TPSA) is 197 Å². The summed E-state index contributed by atoms with van der Waals surface area (Å²) >= 11 is 0. The van der Waals surface area contributed by atoms with E-state index >= 15 is 0 Å². The number of epoxide rings is 1. The lowest BCUT2D eigenvalue weighted by molar-refractivity contribution is -0.344. The molecule has 2 saturated heterocycles. The van der Waals surface area contributed by atoms with Gasteiger partial charge in [0, 0.05) is 5.92 Å². The molecule has 1 aliphatic carbocycles. The lowest BCUT2D eigenvalue weighted by atomic mass is 9.85. The molecule has 6 N–H and O–H groups in total. The van der Waals surface area contributed by atoms with Crippen molar-refractivity contribution >= 4 is 5.97 Å². The summed E-state index contributed by atoms with van der Waals surface area (Å²) in [5, 5.41) is 59.8. The van der Waals surface area contributed by atoms with E-state index < -0.39 is 85.8 Å². The molecule has 0 spiro atoms. The third-order valence-corrected chi connectivity index (χ3v) is 7.26. The van der Waals surface area contributed by atoms with Gasteiger partial charge in [-0.1, -0.05) is 0 Å². The number of hydrogen-bond donors (Lipinski definition) is 6. The monoisotopic (exact) mass is 512 g/mol. The second-order valence-electron chi connectivity index (χ2n) is 9.18. The van der Waals surface area contributed by atoms with Crippen LogP contribution < -0.4 is 4.74 Å². The van der Waals surface area contributed by atoms with Gasteiger partial charge in [-0.2, -0.15) is 0 Å². The largest absolute Gasteiger partial charge is 0.504 e. The lowest BCUT2D eigenvalue weighted by Gasteiger charge is -2.43. The molecule has 0 radical (unpaired) electrons. The first-order valence-corrected chi connectivity index (χ1v) is 11.4. The van der Waals surface area contributed by atoms with Crippen molar-refractivity contribution in [1.29, 1.82) is 0 Å². The van der Waals surface area contributed by atoms with E-state index in [4.69, 9.17) is 28.4 Å². The Morgan fingerprint density at radius 1 is 1.11 bits per heavy atom. The Hall–Kier alpha value is -2.49. The molecule has 0 amide bonds. The van der Waals surface area contributed by atoms with Crippen LogP contribution in [0.2, 0.25) is 0 Å². The van der Waals surface area contributed by atoms with Crippen LogP contribution in [-0.4, -0.2) is 112 Å². The summed E-state index contributed by atoms with van der Waals surface area (Å²) in [4.78, 5) is 12.9. The number of rotatable bonds is 7. The van der Waals surface area contributed by atoms with Crippen LogP contribution in [-0.2, 0) is 23.7 Å². The fourth-order valence-electron chi connectivity index (χ4n) is 5.28. The molecule has 3 heterocycles. The minimum atomic E-state index is -1.66. The van der Waals surface area contributed by atoms with Crippen LogP contribution in [0.5, 0.6) is 11.5 Å². The predicted octanol–water partition coefficient (Wildman–Crippen LogP) is -2.01. The Kier molecular flexibility index (Phi) is 6.59. The molecule has 1 aromatic carbocycles. The first kappa shape index (κ1) is 25.2. The standard InChI is InChI=1S/C23H28O13/c1-31-12-6-9(2-3-11(12)26)20(30)34-18-10-4-5-32-21(14(10)23(8-25)19(18)36-23)35-22-17(29)16(28)15(27)13(7-24)33-22/h2-6,10,13-19,21-22,24-29H,7-8H2,1H3/t10-,13+,14-,15-,16-,17-,18-,19-,21-,22-,23-/m1/s1. The van der Waals surface area contributed by atoms with E-state index in [0.717, 1.165) is 0 Å². The van der Waals surface area contributed by atoms with Gasteiger partial charge in [0.1, 0.15) is 42.2 Å². The molecule has 3 fully saturated rings. The highest BCUT2D eigenvalue weighted by molar-refractivity contribution is 5.90. The number of fused-ring (bicyclic) bond motifs is 3. The maximum Gasteiger partial charge on any atom is 0.338 e. The van der Waals surface area contributed by atoms with Crippen molar-refractivity contribution in [1.82, 2.24) is 0 Å². The molecule has 13 nitrogen and oxygen atoms in total. The van der Waals surface area contributed by atoms with Crippen LogP contribution >= 0.6 is 0 Å². The molecule has 4 aliphatic rings. The number of methoxy groups -OCH3 is 1. The van der Waals surface area contributed by atoms with Gasteiger partial charge in [-0.15, -0.1) is 0 Å². The highest BCUT2D eigenvalue weighted by atomic mass is 16.8. The van der Waals surface area contributed by atoms with Gasteiger partial charge < -0.3 is 59.1 Å². The number of esters is 1. The maximum atomic E-state index is 12.9. The first-order valence-electron chi connectivity index (χ1n) is 11.4. The zero-order valence-electron chi connectivity index (χ0n) is 19.1. The summed E-state index contributed by atoms with van der Waals surface area (Å²) in [6.45, 7) is -1.07. The van der Waals surface area contributed by atoms with E-state index in [1.165, 1.54) is 31.6 Å². The van der Waals surface area contributed by atoms with E-state index in [0.29, 0.717) is 0 Å². The van der Waals surface area contributed by atoms with Crippen LogP contribution in [0, 0.1) is 11.8 Å². The van der Waals surface area contributed by atoms with Crippen molar-refractivity contribution in [3.63, 3.8) is 0 Å². The molecule has 0 bridgehead atoms. The summed E-state index contributed by atoms with van der Waals surface area (Å²) in [6, 6.07) is 4.02. The fraction of sp³-hybridized carbons (Fsp3) is 0.609. The number of benzene rings is 1. The van der Waals surface area contributed by atoms with Gasteiger partial charge in [0.2, 0.25) is 6.29 Å². The maximum absolute atomic E-state index is 12.9. The highest BCUT2D eigenvalue weighted by Gasteiger charge is 2.77. The van der Waals surface area contributed by atoms with Crippen molar-refractivity contribution in [3.8, 4) is 11.5 Å². The normalized spacial score (nSPS) is 42.7. The predicted molar refractivity (Wildman–Crippen MR) is 114 cm³/mol. The minimum Gasteiger partial charge on any atom is -0.504 e. The molecular formula is C23H28O13. The number of hydrogen-bond acceptors (Lipinski definition) is 13. The van der Waals surface area contributed by atoms with Crippen molar-refractivity contribution in [3.05, 3.63) is 36.1 Å². The van der Waals surface area contributed by atoms with Gasteiger partial charge in [-0.3, -0.25) is 0 Å². The first-order chi connectivity index (χ1) is 17.2. The second-order valence-corrected chi connectivity index (χ2v) is 9.18. The molecule has 198 valence electrons. The number of carbonyl (C=O) groups is 1. The molecule has 1 saturated carbocycles. The molecule has 1 aromatic rings. The molecule has 11 atom stereocenters. The lowest BCUT2D eigenvalue weighted by Crippen LogP contribution is -2.60. The van der Waals surface area contributed by atoms with Crippen molar-refractivity contribution in [2.75, 3.05) is 20.3 Å². The SMILES string of the molecule is COc1cc(C(=O)O[C@@H]2[C@@H]3C=CO[C@H](O[C@H]4O[C@@H](CO)[C@@H](O)[C@@H](O)[C@H]4O)[C@@H]3[C@@]3(CO)O[C@H]23)ccc1O. The molecule has 0 aromatic heterocycles. The van der Waals surface area contributed by atoms with E-state index in [1.807, 2.05) is 0 Å². The van der Waals surface area contributed by atoms with E-state index in [2.05, 4.69) is 0 Å². The number of phenolic OH excluding ortho intramolecular Hbond substituents is 1. The quantitative estimate of drug-likeness (QED) is 0.173. The highest BCUT2D eigenvalue weighted by Crippen LogP contribution is 2.60. The molecule has 3 aliphatic heterocycles. The van der Waals surface area contributed by atoms with Crippen molar-refractivity contribution < 1.29 is 63.9 Å². The van der Waals surface area contributed by atoms with Gasteiger partial charge in [0.15, 0.2) is 17.8 Å². The van der Waals surface area contributed by atoms with Crippen LogP contribution in [0.25, 0.3) is 0 Å². The Morgan fingerprint density at radius 2 is 1.89 bits per heavy atom. The van der Waals surface area contributed by atoms with Crippen LogP contribution in [0.1, 0.15) is 10.4 Å². The number of ether oxygens (including phenoxy) is 6. The van der Waals surface area contributed by atoms with Gasteiger partial charge in [0.05, 0.1) is 38.1 Å². The number of aliphatic hydroxyl groups is 5. The van der Waals surface area contributed by atoms with E-state index in [1.54, 1.807) is 6.08 Å². The van der Waals surface area contributed by atoms with Crippen molar-refractivity contribution in [2.45, 2.75) is 54.8 Å². The molecule has 0 unspecified atom stereocenters. The van der Waals surface area contributed by atoms with Gasteiger partial charge in [-0.05, 0) is 24.3 Å². The van der Waals surface area contributed by atoms with Crippen molar-refractivity contribution in [2.24, 2.45) is 11.8 Å². The molecule has 5 rings (SSSR count). The van der Waals surface area contributed by atoms with Gasteiger partial charge >= 0.3 is 5.97 Å². The molecular weight excluding hydrogens is 484 g/mol. The smallest absolute Gasteiger partial charge is 0.338 e. The average molecular weight is 512 g/mol. The summed E-state index contributed by atoms with van der Waals surface area (Å²) in [5.41, 5.74) is -1.03. The van der Waals surface area contributed by atoms with E-state index in [9.17, 15) is 35.4 Å². The average Bonchev–Trinajstić information content (AvgIpc) is 3.56. The zero-order valence-corrected chi connectivity index (χ0v) is 19.1. The Labute approximate surface area is 205 Å². The Balaban J connectivity index is 1.35. The number of aromatic hydroxyl groups is 1. The minimum absolute atomic E-state index is 0.0973. The van der Waals surface area contributed by atoms with E-state index in [-0.39, 0.29) is 17.1 Å². The number of carbonyl (C=O) groups excluding carboxylic acids is 1. The molecule has 13 heteroatoms. The summed E-state index contributed by atoms with van der Waals surface area (Å²) in [5.74, 6) is -1.95. The molecule has 36 heavy (non-hydrogen) atoms. The zero-order chi connectivity index (χ0) is 25.8. The summed E-state index contributed by atoms with van der Waals surface area (Å²) < 4.78 is 33.4. The summed E-state index contributed by atoms with van der Waals surface area (Å²) in [7, 11) is 1.35. The van der Waals surface area contributed by atoms with Crippen LogP contribution in [0.4, 0.5) is 0 Å². The number of phenols is 1. The van der Waals surface area contributed by atoms with Crippen LogP contribution in [0.3, 0.4) is 0 Å². The number of aliphatic hydroxyl groups excluding tert-OH is 5. The van der Waals surface area contributed by atoms with Crippen LogP contribution in [0.15, 0.2) is 30.5 Å². The summed E-state index contributed by atoms with van der Waals surface area (Å²) in [6.07, 6.45) is -7.19. The van der Waals surface area contributed by atoms with Gasteiger partial charge in [0.25, 0.3) is 0 Å². The van der Waals surface area contributed by atoms with Gasteiger partial charge in [-0.25, -0.2) is 4.79 Å². The Bertz CT molecular complexity index is 1010. The fourth-order valence-corrected chi connectivity index (χ4v) is 5.28. The third kappa shape index (κ3) is 3.92. The Morgan fingerprint density at radius 3 is 2.58 bits per heavy atom. The third-order valence-electron chi connectivity index (χ3n) is 7.26. The second kappa shape index (κ2) is 9.43.